The summed E-state index contributed by atoms with van der Waals surface area (Å²) in [7, 11) is 1.40. The number of ether oxygens (including phenoxy) is 2. The van der Waals surface area contributed by atoms with Gasteiger partial charge in [0.05, 0.1) is 16.3 Å². The molecule has 0 aliphatic heterocycles. The van der Waals surface area contributed by atoms with Gasteiger partial charge in [0.2, 0.25) is 0 Å². The predicted molar refractivity (Wildman–Crippen MR) is 170 cm³/mol. The van der Waals surface area contributed by atoms with Gasteiger partial charge in [-0.2, -0.15) is 0 Å². The number of carbonyl (C=O) groups excluding carboxylic acids is 1. The first kappa shape index (κ1) is 27.9. The van der Waals surface area contributed by atoms with E-state index < -0.39 is 12.1 Å². The predicted octanol–water partition coefficient (Wildman–Crippen LogP) is 10.1. The Morgan fingerprint density at radius 1 is 0.949 bits per heavy atom. The standard InChI is InChI=1S/C33H30Br2O3S/c1-18(2)25-16-22(17-26(34)31(25)38-27(33(36)37-5)15-21-11-7-6-8-12-21)29-23-13-9-10-14-24(23)30(35)32-28(29)19(3)20(4)39-32/h6-14,16-18,27H,15H2,1-5H3/t27-/m1/s1. The molecule has 0 radical (unpaired) electrons. The maximum Gasteiger partial charge on any atom is 0.347 e. The Kier molecular flexibility index (Phi) is 8.18. The molecule has 0 amide bonds. The van der Waals surface area contributed by atoms with E-state index in [2.05, 4.69) is 96.0 Å². The van der Waals surface area contributed by atoms with Crippen LogP contribution in [0.4, 0.5) is 0 Å². The molecule has 1 heterocycles. The minimum atomic E-state index is -0.765. The Morgan fingerprint density at radius 2 is 1.62 bits per heavy atom. The van der Waals surface area contributed by atoms with Crippen LogP contribution in [0.5, 0.6) is 5.75 Å². The Hall–Kier alpha value is -2.67. The lowest BCUT2D eigenvalue weighted by Gasteiger charge is -2.23. The molecule has 5 rings (SSSR count). The zero-order valence-electron chi connectivity index (χ0n) is 22.6. The second kappa shape index (κ2) is 11.4. The lowest BCUT2D eigenvalue weighted by atomic mass is 9.90. The van der Waals surface area contributed by atoms with Crippen molar-refractivity contribution in [1.82, 2.24) is 0 Å². The van der Waals surface area contributed by atoms with Gasteiger partial charge < -0.3 is 9.47 Å². The number of thiophene rings is 1. The largest absolute Gasteiger partial charge is 0.477 e. The molecule has 0 N–H and O–H groups in total. The number of benzene rings is 4. The smallest absolute Gasteiger partial charge is 0.347 e. The molecule has 0 fully saturated rings. The van der Waals surface area contributed by atoms with Crippen LogP contribution < -0.4 is 4.74 Å². The third-order valence-electron chi connectivity index (χ3n) is 7.24. The molecule has 6 heteroatoms. The van der Waals surface area contributed by atoms with Crippen molar-refractivity contribution in [3.63, 3.8) is 0 Å². The van der Waals surface area contributed by atoms with Crippen molar-refractivity contribution in [3.05, 3.63) is 97.2 Å². The summed E-state index contributed by atoms with van der Waals surface area (Å²) in [6, 6.07) is 22.8. The molecule has 3 nitrogen and oxygen atoms in total. The Morgan fingerprint density at radius 3 is 2.28 bits per heavy atom. The number of hydrogen-bond acceptors (Lipinski definition) is 4. The zero-order chi connectivity index (χ0) is 27.8. The van der Waals surface area contributed by atoms with Gasteiger partial charge in [0.25, 0.3) is 0 Å². The van der Waals surface area contributed by atoms with E-state index in [1.165, 1.54) is 44.0 Å². The van der Waals surface area contributed by atoms with E-state index >= 15 is 0 Å². The topological polar surface area (TPSA) is 35.5 Å². The van der Waals surface area contributed by atoms with Gasteiger partial charge in [0.1, 0.15) is 5.75 Å². The van der Waals surface area contributed by atoms with Crippen LogP contribution in [0.2, 0.25) is 0 Å². The number of methoxy groups -OCH3 is 1. The van der Waals surface area contributed by atoms with Crippen molar-refractivity contribution in [1.29, 1.82) is 0 Å². The van der Waals surface area contributed by atoms with E-state index in [4.69, 9.17) is 9.47 Å². The van der Waals surface area contributed by atoms with E-state index in [1.807, 2.05) is 41.7 Å². The minimum absolute atomic E-state index is 0.161. The molecule has 200 valence electrons. The highest BCUT2D eigenvalue weighted by molar-refractivity contribution is 9.11. The van der Waals surface area contributed by atoms with Crippen LogP contribution in [0.15, 0.2) is 75.7 Å². The second-order valence-corrected chi connectivity index (χ2v) is 12.9. The summed E-state index contributed by atoms with van der Waals surface area (Å²) in [5.74, 6) is 0.444. The van der Waals surface area contributed by atoms with E-state index in [1.54, 1.807) is 0 Å². The van der Waals surface area contributed by atoms with Crippen LogP contribution >= 0.6 is 43.2 Å². The summed E-state index contributed by atoms with van der Waals surface area (Å²) in [5, 5.41) is 3.66. The molecule has 1 aromatic heterocycles. The number of halogens is 2. The summed E-state index contributed by atoms with van der Waals surface area (Å²) < 4.78 is 14.8. The average Bonchev–Trinajstić information content (AvgIpc) is 3.23. The summed E-state index contributed by atoms with van der Waals surface area (Å²) >= 11 is 9.57. The molecule has 0 saturated heterocycles. The van der Waals surface area contributed by atoms with Crippen LogP contribution in [0.3, 0.4) is 0 Å². The van der Waals surface area contributed by atoms with Crippen molar-refractivity contribution in [2.24, 2.45) is 0 Å². The molecule has 5 aromatic rings. The van der Waals surface area contributed by atoms with Crippen molar-refractivity contribution in [2.75, 3.05) is 7.11 Å². The second-order valence-electron chi connectivity index (χ2n) is 10.1. The fraction of sp³-hybridized carbons (Fsp3) is 0.242. The van der Waals surface area contributed by atoms with Gasteiger partial charge in [-0.25, -0.2) is 4.79 Å². The first-order chi connectivity index (χ1) is 18.7. The summed E-state index contributed by atoms with van der Waals surface area (Å²) in [6.45, 7) is 8.70. The quantitative estimate of drug-likeness (QED) is 0.162. The van der Waals surface area contributed by atoms with Crippen molar-refractivity contribution in [2.45, 2.75) is 46.1 Å². The van der Waals surface area contributed by atoms with Gasteiger partial charge in [-0.05, 0) is 102 Å². The normalized spacial score (nSPS) is 12.3. The Labute approximate surface area is 250 Å². The number of fused-ring (bicyclic) bond motifs is 2. The molecule has 4 aromatic carbocycles. The Balaban J connectivity index is 1.70. The Bertz CT molecular complexity index is 1690. The van der Waals surface area contributed by atoms with Crippen LogP contribution in [-0.2, 0) is 16.0 Å². The molecule has 0 spiro atoms. The molecule has 0 bridgehead atoms. The summed E-state index contributed by atoms with van der Waals surface area (Å²) in [4.78, 5) is 14.1. The minimum Gasteiger partial charge on any atom is -0.477 e. The highest BCUT2D eigenvalue weighted by Gasteiger charge is 2.27. The van der Waals surface area contributed by atoms with Crippen LogP contribution in [0.1, 0.15) is 41.3 Å². The SMILES string of the molecule is COC(=O)[C@@H](Cc1ccccc1)Oc1c(Br)cc(-c2c3ccccc3c(Br)c3sc(C)c(C)c23)cc1C(C)C. The molecule has 0 aliphatic rings. The van der Waals surface area contributed by atoms with E-state index in [9.17, 15) is 4.79 Å². The number of rotatable bonds is 7. The first-order valence-electron chi connectivity index (χ1n) is 12.9. The third kappa shape index (κ3) is 5.27. The average molecular weight is 666 g/mol. The molecule has 0 saturated carbocycles. The number of carbonyl (C=O) groups is 1. The molecular weight excluding hydrogens is 636 g/mol. The highest BCUT2D eigenvalue weighted by Crippen LogP contribution is 2.49. The molecule has 1 atom stereocenters. The van der Waals surface area contributed by atoms with Crippen molar-refractivity contribution < 1.29 is 14.3 Å². The van der Waals surface area contributed by atoms with Gasteiger partial charge in [-0.3, -0.25) is 0 Å². The lowest BCUT2D eigenvalue weighted by Crippen LogP contribution is -2.31. The van der Waals surface area contributed by atoms with Crippen LogP contribution in [0, 0.1) is 13.8 Å². The number of aryl methyl sites for hydroxylation is 2. The first-order valence-corrected chi connectivity index (χ1v) is 15.3. The van der Waals surface area contributed by atoms with Crippen molar-refractivity contribution in [3.8, 4) is 16.9 Å². The van der Waals surface area contributed by atoms with Crippen LogP contribution in [0.25, 0.3) is 32.0 Å². The molecule has 0 unspecified atom stereocenters. The van der Waals surface area contributed by atoms with E-state index in [0.717, 1.165) is 25.6 Å². The summed E-state index contributed by atoms with van der Waals surface area (Å²) in [5.41, 5.74) is 5.68. The van der Waals surface area contributed by atoms with Crippen molar-refractivity contribution >= 4 is 70.0 Å². The molecular formula is C33H30Br2O3S. The third-order valence-corrected chi connectivity index (χ3v) is 10.1. The molecule has 0 aliphatic carbocycles. The number of hydrogen-bond donors (Lipinski definition) is 0. The maximum absolute atomic E-state index is 12.8. The monoisotopic (exact) mass is 664 g/mol. The maximum atomic E-state index is 12.8. The van der Waals surface area contributed by atoms with Crippen LogP contribution in [-0.4, -0.2) is 19.2 Å². The fourth-order valence-corrected chi connectivity index (χ4v) is 7.59. The van der Waals surface area contributed by atoms with Gasteiger partial charge in [0.15, 0.2) is 6.10 Å². The summed E-state index contributed by atoms with van der Waals surface area (Å²) in [6.07, 6.45) is -0.344. The van der Waals surface area contributed by atoms with E-state index in [0.29, 0.717) is 12.2 Å². The van der Waals surface area contributed by atoms with E-state index in [-0.39, 0.29) is 5.92 Å². The zero-order valence-corrected chi connectivity index (χ0v) is 26.6. The van der Waals surface area contributed by atoms with Gasteiger partial charge in [0, 0.05) is 21.2 Å². The fourth-order valence-electron chi connectivity index (χ4n) is 5.12. The lowest BCUT2D eigenvalue weighted by molar-refractivity contribution is -0.148. The van der Waals surface area contributed by atoms with Gasteiger partial charge >= 0.3 is 5.97 Å². The van der Waals surface area contributed by atoms with Gasteiger partial charge in [-0.1, -0.05) is 68.4 Å². The number of esters is 1. The molecule has 39 heavy (non-hydrogen) atoms. The van der Waals surface area contributed by atoms with Gasteiger partial charge in [-0.15, -0.1) is 11.3 Å². The highest BCUT2D eigenvalue weighted by atomic mass is 79.9.